The number of carbonyl (C=O) groups excluding carboxylic acids is 2. The maximum absolute atomic E-state index is 11.1. The minimum absolute atomic E-state index is 0.0465. The number of nitrogens with one attached hydrogen (secondary N) is 2. The Kier molecular flexibility index (Phi) is 3.68. The molecule has 2 amide bonds. The Labute approximate surface area is 83.8 Å². The van der Waals surface area contributed by atoms with Gasteiger partial charge in [0.1, 0.15) is 0 Å². The Morgan fingerprint density at radius 1 is 1.29 bits per heavy atom. The smallest absolute Gasteiger partial charge is 0.243 e. The van der Waals surface area contributed by atoms with Gasteiger partial charge in [-0.05, 0) is 25.3 Å². The number of hydrogen-bond donors (Lipinski definition) is 2. The lowest BCUT2D eigenvalue weighted by molar-refractivity contribution is -0.121. The molecule has 1 fully saturated rings. The molecule has 2 unspecified atom stereocenters. The average molecular weight is 196 g/mol. The van der Waals surface area contributed by atoms with Crippen molar-refractivity contribution < 1.29 is 9.59 Å². The van der Waals surface area contributed by atoms with E-state index in [0.717, 1.165) is 19.3 Å². The van der Waals surface area contributed by atoms with Gasteiger partial charge in [0.05, 0.1) is 0 Å². The second-order valence-electron chi connectivity index (χ2n) is 3.56. The Bertz CT molecular complexity index is 251. The number of rotatable bonds is 3. The van der Waals surface area contributed by atoms with E-state index >= 15 is 0 Å². The summed E-state index contributed by atoms with van der Waals surface area (Å²) in [5.74, 6) is -0.220. The zero-order chi connectivity index (χ0) is 10.6. The van der Waals surface area contributed by atoms with Crippen LogP contribution in [-0.2, 0) is 9.59 Å². The molecule has 1 saturated carbocycles. The lowest BCUT2D eigenvalue weighted by atomic mass is 10.1. The van der Waals surface area contributed by atoms with Crippen LogP contribution in [0.25, 0.3) is 0 Å². The summed E-state index contributed by atoms with van der Waals surface area (Å²) in [4.78, 5) is 21.9. The molecule has 0 aromatic carbocycles. The molecule has 0 spiro atoms. The quantitative estimate of drug-likeness (QED) is 0.640. The molecule has 0 aromatic heterocycles. The van der Waals surface area contributed by atoms with E-state index in [1.165, 1.54) is 13.0 Å². The van der Waals surface area contributed by atoms with Gasteiger partial charge in [0.2, 0.25) is 11.8 Å². The van der Waals surface area contributed by atoms with Crippen LogP contribution in [0.4, 0.5) is 0 Å². The van der Waals surface area contributed by atoms with Crippen molar-refractivity contribution in [3.63, 3.8) is 0 Å². The van der Waals surface area contributed by atoms with E-state index in [-0.39, 0.29) is 23.9 Å². The summed E-state index contributed by atoms with van der Waals surface area (Å²) >= 11 is 0. The fraction of sp³-hybridized carbons (Fsp3) is 0.600. The summed E-state index contributed by atoms with van der Waals surface area (Å²) in [5.41, 5.74) is 0. The van der Waals surface area contributed by atoms with Crippen molar-refractivity contribution >= 4 is 11.8 Å². The first-order valence-corrected chi connectivity index (χ1v) is 4.83. The molecule has 2 atom stereocenters. The Morgan fingerprint density at radius 3 is 2.36 bits per heavy atom. The van der Waals surface area contributed by atoms with Gasteiger partial charge in [0.25, 0.3) is 0 Å². The van der Waals surface area contributed by atoms with Crippen LogP contribution in [0.1, 0.15) is 26.2 Å². The molecule has 0 aromatic rings. The SMILES string of the molecule is C=CC(=O)NC1CCCC1NC(C)=O. The Balaban J connectivity index is 2.46. The van der Waals surface area contributed by atoms with E-state index in [9.17, 15) is 9.59 Å². The molecule has 1 aliphatic carbocycles. The van der Waals surface area contributed by atoms with Gasteiger partial charge in [-0.2, -0.15) is 0 Å². The van der Waals surface area contributed by atoms with Crippen molar-refractivity contribution in [2.45, 2.75) is 38.3 Å². The normalized spacial score (nSPS) is 25.5. The highest BCUT2D eigenvalue weighted by molar-refractivity contribution is 5.87. The van der Waals surface area contributed by atoms with Crippen molar-refractivity contribution in [1.82, 2.24) is 10.6 Å². The van der Waals surface area contributed by atoms with Crippen molar-refractivity contribution in [3.8, 4) is 0 Å². The average Bonchev–Trinajstić information content (AvgIpc) is 2.52. The first-order chi connectivity index (χ1) is 6.63. The molecule has 14 heavy (non-hydrogen) atoms. The summed E-state index contributed by atoms with van der Waals surface area (Å²) < 4.78 is 0. The van der Waals surface area contributed by atoms with Crippen molar-refractivity contribution in [3.05, 3.63) is 12.7 Å². The van der Waals surface area contributed by atoms with E-state index < -0.39 is 0 Å². The highest BCUT2D eigenvalue weighted by atomic mass is 16.2. The Morgan fingerprint density at radius 2 is 1.86 bits per heavy atom. The second-order valence-corrected chi connectivity index (χ2v) is 3.56. The zero-order valence-corrected chi connectivity index (χ0v) is 8.38. The summed E-state index contributed by atoms with van der Waals surface area (Å²) in [7, 11) is 0. The molecule has 0 bridgehead atoms. The van der Waals surface area contributed by atoms with Crippen LogP contribution in [0.15, 0.2) is 12.7 Å². The van der Waals surface area contributed by atoms with E-state index in [1.807, 2.05) is 0 Å². The predicted molar refractivity (Wildman–Crippen MR) is 53.6 cm³/mol. The van der Waals surface area contributed by atoms with E-state index in [4.69, 9.17) is 0 Å². The van der Waals surface area contributed by atoms with Crippen LogP contribution in [0, 0.1) is 0 Å². The lowest BCUT2D eigenvalue weighted by Gasteiger charge is -2.20. The molecule has 4 heteroatoms. The molecule has 2 N–H and O–H groups in total. The largest absolute Gasteiger partial charge is 0.352 e. The highest BCUT2D eigenvalue weighted by Gasteiger charge is 2.28. The lowest BCUT2D eigenvalue weighted by Crippen LogP contribution is -2.47. The maximum atomic E-state index is 11.1. The van der Waals surface area contributed by atoms with Gasteiger partial charge >= 0.3 is 0 Å². The molecule has 1 aliphatic rings. The summed E-state index contributed by atoms with van der Waals surface area (Å²) in [5, 5.41) is 5.65. The maximum Gasteiger partial charge on any atom is 0.243 e. The molecule has 1 rings (SSSR count). The molecule has 4 nitrogen and oxygen atoms in total. The van der Waals surface area contributed by atoms with Gasteiger partial charge < -0.3 is 10.6 Å². The molecule has 0 aliphatic heterocycles. The molecule has 0 heterocycles. The number of hydrogen-bond acceptors (Lipinski definition) is 2. The zero-order valence-electron chi connectivity index (χ0n) is 8.38. The second kappa shape index (κ2) is 4.79. The minimum Gasteiger partial charge on any atom is -0.352 e. The predicted octanol–water partition coefficient (Wildman–Crippen LogP) is 0.346. The van der Waals surface area contributed by atoms with E-state index in [0.29, 0.717) is 0 Å². The number of carbonyl (C=O) groups is 2. The van der Waals surface area contributed by atoms with E-state index in [2.05, 4.69) is 17.2 Å². The van der Waals surface area contributed by atoms with Crippen LogP contribution >= 0.6 is 0 Å². The third-order valence-electron chi connectivity index (χ3n) is 2.42. The molecule has 0 radical (unpaired) electrons. The topological polar surface area (TPSA) is 58.2 Å². The van der Waals surface area contributed by atoms with Crippen LogP contribution in [-0.4, -0.2) is 23.9 Å². The van der Waals surface area contributed by atoms with Crippen molar-refractivity contribution in [1.29, 1.82) is 0 Å². The molecule has 78 valence electrons. The van der Waals surface area contributed by atoms with E-state index in [1.54, 1.807) is 0 Å². The Hall–Kier alpha value is -1.32. The van der Waals surface area contributed by atoms with Crippen LogP contribution in [0.5, 0.6) is 0 Å². The standard InChI is InChI=1S/C10H16N2O2/c1-3-10(14)12-9-6-4-5-8(9)11-7(2)13/h3,8-9H,1,4-6H2,2H3,(H,11,13)(H,12,14). The first kappa shape index (κ1) is 10.8. The van der Waals surface area contributed by atoms with Crippen LogP contribution in [0.3, 0.4) is 0 Å². The third-order valence-corrected chi connectivity index (χ3v) is 2.42. The summed E-state index contributed by atoms with van der Waals surface area (Å²) in [6.07, 6.45) is 4.14. The fourth-order valence-corrected chi connectivity index (χ4v) is 1.81. The molecular formula is C10H16N2O2. The highest BCUT2D eigenvalue weighted by Crippen LogP contribution is 2.18. The van der Waals surface area contributed by atoms with Crippen molar-refractivity contribution in [2.24, 2.45) is 0 Å². The third kappa shape index (κ3) is 2.87. The van der Waals surface area contributed by atoms with Gasteiger partial charge in [0.15, 0.2) is 0 Å². The summed E-state index contributed by atoms with van der Waals surface area (Å²) in [6, 6.07) is 0.140. The molecular weight excluding hydrogens is 180 g/mol. The number of amides is 2. The monoisotopic (exact) mass is 196 g/mol. The van der Waals surface area contributed by atoms with Crippen LogP contribution < -0.4 is 10.6 Å². The first-order valence-electron chi connectivity index (χ1n) is 4.83. The fourth-order valence-electron chi connectivity index (χ4n) is 1.81. The molecule has 0 saturated heterocycles. The van der Waals surface area contributed by atoms with Gasteiger partial charge in [-0.3, -0.25) is 9.59 Å². The van der Waals surface area contributed by atoms with Crippen molar-refractivity contribution in [2.75, 3.05) is 0 Å². The van der Waals surface area contributed by atoms with Crippen LogP contribution in [0.2, 0.25) is 0 Å². The van der Waals surface area contributed by atoms with Gasteiger partial charge in [-0.15, -0.1) is 0 Å². The van der Waals surface area contributed by atoms with Gasteiger partial charge in [-0.25, -0.2) is 0 Å². The summed E-state index contributed by atoms with van der Waals surface area (Å²) in [6.45, 7) is 4.88. The minimum atomic E-state index is -0.174. The van der Waals surface area contributed by atoms with Gasteiger partial charge in [-0.1, -0.05) is 6.58 Å². The van der Waals surface area contributed by atoms with Gasteiger partial charge in [0, 0.05) is 19.0 Å².